The molecule has 1 amide bonds. The van der Waals surface area contributed by atoms with Crippen LogP contribution in [0.1, 0.15) is 60.5 Å². The Morgan fingerprint density at radius 2 is 2.07 bits per heavy atom. The third kappa shape index (κ3) is 7.62. The van der Waals surface area contributed by atoms with Crippen molar-refractivity contribution in [1.29, 1.82) is 0 Å². The molecule has 4 atom stereocenters. The summed E-state index contributed by atoms with van der Waals surface area (Å²) in [5.74, 6) is 1.53. The molecule has 1 fully saturated rings. The van der Waals surface area contributed by atoms with Gasteiger partial charge in [0.2, 0.25) is 0 Å². The van der Waals surface area contributed by atoms with Crippen LogP contribution in [-0.2, 0) is 32.5 Å². The van der Waals surface area contributed by atoms with E-state index in [1.165, 1.54) is 11.1 Å². The van der Waals surface area contributed by atoms with Crippen molar-refractivity contribution in [1.82, 2.24) is 0 Å². The number of hydrogen-bond acceptors (Lipinski definition) is 6. The van der Waals surface area contributed by atoms with Gasteiger partial charge in [-0.25, -0.2) is 0 Å². The quantitative estimate of drug-likeness (QED) is 0.271. The van der Waals surface area contributed by atoms with Crippen molar-refractivity contribution in [3.05, 3.63) is 82.9 Å². The number of nitrogens with zero attached hydrogens (tertiary/aromatic N) is 2. The van der Waals surface area contributed by atoms with Crippen molar-refractivity contribution >= 4 is 33.8 Å². The molecule has 2 heterocycles. The van der Waals surface area contributed by atoms with Crippen molar-refractivity contribution in [2.24, 2.45) is 22.1 Å². The fraction of sp³-hybridized carbons (Fsp3) is 0.485. The number of allylic oxidation sites excluding steroid dienone is 1. The Kier molecular flexibility index (Phi) is 10.2. The Bertz CT molecular complexity index is 1370. The van der Waals surface area contributed by atoms with Gasteiger partial charge in [-0.1, -0.05) is 54.5 Å². The minimum atomic E-state index is -1.61. The Labute approximate surface area is 251 Å². The summed E-state index contributed by atoms with van der Waals surface area (Å²) >= 11 is 6.42. The van der Waals surface area contributed by atoms with E-state index in [1.54, 1.807) is 12.1 Å². The molecule has 2 aromatic rings. The van der Waals surface area contributed by atoms with Gasteiger partial charge in [-0.15, -0.1) is 6.58 Å². The molecule has 1 saturated carbocycles. The van der Waals surface area contributed by atoms with Crippen molar-refractivity contribution in [3.8, 4) is 5.75 Å². The Hall–Kier alpha value is -2.61. The lowest BCUT2D eigenvalue weighted by molar-refractivity contribution is -0.00208. The topological polar surface area (TPSA) is 68.2 Å². The summed E-state index contributed by atoms with van der Waals surface area (Å²) in [6, 6.07) is 11.7. The molecule has 3 aliphatic rings. The fourth-order valence-electron chi connectivity index (χ4n) is 6.03. The average Bonchev–Trinajstić information content (AvgIpc) is 2.96. The monoisotopic (exact) mass is 595 g/mol. The second-order valence-electron chi connectivity index (χ2n) is 11.5. The molecule has 6 nitrogen and oxygen atoms in total. The van der Waals surface area contributed by atoms with Crippen LogP contribution in [0.3, 0.4) is 0 Å². The number of carbonyl (C=O) groups is 1. The highest BCUT2D eigenvalue weighted by Crippen LogP contribution is 2.42. The number of aryl methyl sites for hydroxylation is 1. The minimum absolute atomic E-state index is 0.0132. The lowest BCUT2D eigenvalue weighted by atomic mass is 9.70. The number of ether oxygens (including phenoxy) is 2. The summed E-state index contributed by atoms with van der Waals surface area (Å²) < 4.78 is 29.5. The molecule has 5 rings (SSSR count). The first-order chi connectivity index (χ1) is 19.9. The van der Waals surface area contributed by atoms with Crippen LogP contribution in [0.2, 0.25) is 5.02 Å². The van der Waals surface area contributed by atoms with Crippen LogP contribution in [0.4, 0.5) is 5.69 Å². The molecule has 2 bridgehead atoms. The van der Waals surface area contributed by atoms with Gasteiger partial charge in [0.25, 0.3) is 5.91 Å². The van der Waals surface area contributed by atoms with Crippen LogP contribution in [0.15, 0.2) is 65.6 Å². The summed E-state index contributed by atoms with van der Waals surface area (Å²) in [6.07, 6.45) is 11.9. The molecular weight excluding hydrogens is 556 g/mol. The molecule has 0 radical (unpaired) electrons. The van der Waals surface area contributed by atoms with E-state index in [0.717, 1.165) is 61.5 Å². The van der Waals surface area contributed by atoms with Gasteiger partial charge in [0.1, 0.15) is 5.75 Å². The van der Waals surface area contributed by atoms with Gasteiger partial charge in [0, 0.05) is 23.7 Å². The average molecular weight is 596 g/mol. The molecular formula is C33H40ClN2O4S-. The van der Waals surface area contributed by atoms with Crippen molar-refractivity contribution in [2.45, 2.75) is 58.1 Å². The summed E-state index contributed by atoms with van der Waals surface area (Å²) in [6.45, 7) is 8.44. The molecule has 0 N–H and O–H groups in total. The number of hydrogen-bond donors (Lipinski definition) is 0. The van der Waals surface area contributed by atoms with E-state index in [2.05, 4.69) is 40.1 Å². The molecule has 41 heavy (non-hydrogen) atoms. The van der Waals surface area contributed by atoms with Gasteiger partial charge >= 0.3 is 0 Å². The van der Waals surface area contributed by atoms with Crippen molar-refractivity contribution < 1.29 is 18.5 Å². The number of anilines is 1. The molecule has 1 aliphatic carbocycles. The highest BCUT2D eigenvalue weighted by molar-refractivity contribution is 7.75. The maximum absolute atomic E-state index is 13.2. The SMILES string of the molecule is C=CCO[C@@H]1/C=C\C[C@H](C)C[S-](=O)=NC(=O)c2ccc3c(c2)N(Cc2ccc(Cl)cc2CCCCO3)C[C@@H]2CC[C@H]21. The summed E-state index contributed by atoms with van der Waals surface area (Å²) in [4.78, 5) is 15.5. The molecule has 0 aromatic heterocycles. The molecule has 8 heteroatoms. The predicted molar refractivity (Wildman–Crippen MR) is 166 cm³/mol. The van der Waals surface area contributed by atoms with Gasteiger partial charge in [0.05, 0.1) is 25.0 Å². The lowest BCUT2D eigenvalue weighted by Crippen LogP contribution is -2.43. The zero-order chi connectivity index (χ0) is 28.8. The number of fused-ring (bicyclic) bond motifs is 3. The van der Waals surface area contributed by atoms with E-state index in [4.69, 9.17) is 21.1 Å². The lowest BCUT2D eigenvalue weighted by Gasteiger charge is -2.44. The van der Waals surface area contributed by atoms with Crippen LogP contribution < -0.4 is 9.64 Å². The second-order valence-corrected chi connectivity index (χ2v) is 13.1. The molecule has 2 aromatic carbocycles. The van der Waals surface area contributed by atoms with Crippen molar-refractivity contribution in [3.63, 3.8) is 0 Å². The van der Waals surface area contributed by atoms with E-state index in [1.807, 2.05) is 25.1 Å². The molecule has 220 valence electrons. The molecule has 0 saturated heterocycles. The van der Waals surface area contributed by atoms with Gasteiger partial charge in [-0.2, -0.15) is 10.6 Å². The van der Waals surface area contributed by atoms with Crippen LogP contribution in [-0.4, -0.2) is 37.5 Å². The number of halogens is 1. The van der Waals surface area contributed by atoms with Crippen LogP contribution >= 0.6 is 11.6 Å². The minimum Gasteiger partial charge on any atom is -0.491 e. The Balaban J connectivity index is 1.59. The van der Waals surface area contributed by atoms with Gasteiger partial charge < -0.3 is 22.9 Å². The van der Waals surface area contributed by atoms with Crippen LogP contribution in [0.25, 0.3) is 0 Å². The van der Waals surface area contributed by atoms with Gasteiger partial charge in [-0.05, 0) is 91.8 Å². The second kappa shape index (κ2) is 14.0. The third-order valence-electron chi connectivity index (χ3n) is 8.41. The number of rotatable bonds is 3. The standard InChI is InChI=1S/C33H40ClN2O4S/c1-3-16-39-31-9-6-7-23(2)22-41(38)35-33(37)25-12-15-32-30(19-25)36(21-27-11-14-29(27)31)20-26-10-13-28(34)18-24(26)8-4-5-17-40-32/h3,6,9-10,12-13,15,18-19,23,27,29,31H,1,4-5,7-8,11,14,16-17,20-22H2,2H3/q-1/b9-6-/t23-,27-,29+,31+/m0/s1. The number of amides is 1. The predicted octanol–water partition coefficient (Wildman–Crippen LogP) is 7.54. The highest BCUT2D eigenvalue weighted by Gasteiger charge is 2.38. The summed E-state index contributed by atoms with van der Waals surface area (Å²) in [7, 11) is -1.61. The van der Waals surface area contributed by atoms with Crippen LogP contribution in [0.5, 0.6) is 5.75 Å². The first kappa shape index (κ1) is 29.9. The van der Waals surface area contributed by atoms with E-state index < -0.39 is 16.5 Å². The van der Waals surface area contributed by atoms with Crippen molar-refractivity contribution in [2.75, 3.05) is 30.4 Å². The largest absolute Gasteiger partial charge is 0.491 e. The maximum atomic E-state index is 13.2. The highest BCUT2D eigenvalue weighted by atomic mass is 35.5. The zero-order valence-electron chi connectivity index (χ0n) is 23.8. The van der Waals surface area contributed by atoms with Crippen LogP contribution in [0, 0.1) is 17.8 Å². The van der Waals surface area contributed by atoms with Gasteiger partial charge in [0.15, 0.2) is 0 Å². The Morgan fingerprint density at radius 1 is 1.20 bits per heavy atom. The third-order valence-corrected chi connectivity index (χ3v) is 9.87. The maximum Gasteiger partial charge on any atom is 0.254 e. The Morgan fingerprint density at radius 3 is 2.88 bits per heavy atom. The zero-order valence-corrected chi connectivity index (χ0v) is 25.4. The molecule has 2 aliphatic heterocycles. The van der Waals surface area contributed by atoms with Gasteiger partial charge in [-0.3, -0.25) is 4.79 Å². The summed E-state index contributed by atoms with van der Waals surface area (Å²) in [5, 5.41) is 0.744. The summed E-state index contributed by atoms with van der Waals surface area (Å²) in [5.41, 5.74) is 3.77. The molecule has 0 unspecified atom stereocenters. The van der Waals surface area contributed by atoms with E-state index >= 15 is 0 Å². The molecule has 0 spiro atoms. The number of benzene rings is 2. The fourth-order valence-corrected chi connectivity index (χ4v) is 7.21. The van der Waals surface area contributed by atoms with E-state index in [0.29, 0.717) is 42.9 Å². The first-order valence-corrected chi connectivity index (χ1v) is 16.4. The normalized spacial score (nSPS) is 26.7. The smallest absolute Gasteiger partial charge is 0.254 e. The first-order valence-electron chi connectivity index (χ1n) is 14.7. The number of carbonyl (C=O) groups excluding carboxylic acids is 1. The van der Waals surface area contributed by atoms with E-state index in [9.17, 15) is 9.00 Å². The van der Waals surface area contributed by atoms with E-state index in [-0.39, 0.29) is 12.0 Å².